The zero-order valence-corrected chi connectivity index (χ0v) is 16.6. The first-order valence-corrected chi connectivity index (χ1v) is 9.86. The topological polar surface area (TPSA) is 60.2 Å². The van der Waals surface area contributed by atoms with Gasteiger partial charge in [0, 0.05) is 6.42 Å². The summed E-state index contributed by atoms with van der Waals surface area (Å²) in [5.41, 5.74) is 2.29. The number of fused-ring (bicyclic) bond motifs is 1. The van der Waals surface area contributed by atoms with Crippen molar-refractivity contribution in [2.75, 3.05) is 0 Å². The van der Waals surface area contributed by atoms with Crippen molar-refractivity contribution >= 4 is 0 Å². The maximum absolute atomic E-state index is 10.1. The van der Waals surface area contributed by atoms with E-state index in [9.17, 15) is 5.11 Å². The van der Waals surface area contributed by atoms with Gasteiger partial charge in [0.1, 0.15) is 18.4 Å². The molecule has 0 unspecified atom stereocenters. The molecule has 0 amide bonds. The van der Waals surface area contributed by atoms with Gasteiger partial charge in [-0.1, -0.05) is 52.7 Å². The number of hydrogen-bond acceptors (Lipinski definition) is 4. The van der Waals surface area contributed by atoms with Crippen LogP contribution in [-0.4, -0.2) is 32.1 Å². The number of aromatic hydroxyl groups is 1. The second-order valence-electron chi connectivity index (χ2n) is 7.12. The first-order valence-electron chi connectivity index (χ1n) is 9.86. The van der Waals surface area contributed by atoms with E-state index in [1.54, 1.807) is 18.7 Å². The lowest BCUT2D eigenvalue weighted by molar-refractivity contribution is -0.0521. The van der Waals surface area contributed by atoms with Gasteiger partial charge >= 0.3 is 0 Å². The fourth-order valence-electron chi connectivity index (χ4n) is 3.16. The molecule has 1 N–H and O–H groups in total. The third kappa shape index (κ3) is 5.56. The van der Waals surface area contributed by atoms with E-state index < -0.39 is 0 Å². The Kier molecular flexibility index (Phi) is 8.10. The molecule has 1 aromatic heterocycles. The van der Waals surface area contributed by atoms with Crippen LogP contribution in [0.1, 0.15) is 58.1 Å². The Balaban J connectivity index is 0.000000552. The monoisotopic (exact) mass is 359 g/mol. The van der Waals surface area contributed by atoms with Gasteiger partial charge in [0.05, 0.1) is 18.8 Å². The van der Waals surface area contributed by atoms with Gasteiger partial charge in [-0.2, -0.15) is 5.10 Å². The maximum Gasteiger partial charge on any atom is 0.137 e. The van der Waals surface area contributed by atoms with Crippen molar-refractivity contribution in [3.63, 3.8) is 0 Å². The molecule has 26 heavy (non-hydrogen) atoms. The van der Waals surface area contributed by atoms with Crippen molar-refractivity contribution in [1.29, 1.82) is 0 Å². The zero-order valence-electron chi connectivity index (χ0n) is 16.6. The molecule has 1 aliphatic carbocycles. The molecule has 3 rings (SSSR count). The summed E-state index contributed by atoms with van der Waals surface area (Å²) in [5.74, 6) is 0.835. The molecule has 0 spiro atoms. The summed E-state index contributed by atoms with van der Waals surface area (Å²) < 4.78 is 8.15. The van der Waals surface area contributed by atoms with Gasteiger partial charge in [0.25, 0.3) is 0 Å². The predicted molar refractivity (Wildman–Crippen MR) is 104 cm³/mol. The van der Waals surface area contributed by atoms with Gasteiger partial charge in [-0.25, -0.2) is 4.98 Å². The van der Waals surface area contributed by atoms with Gasteiger partial charge in [0.2, 0.25) is 0 Å². The molecule has 5 heteroatoms. The van der Waals surface area contributed by atoms with Crippen LogP contribution in [0.2, 0.25) is 0 Å². The highest BCUT2D eigenvalue weighted by Crippen LogP contribution is 2.33. The summed E-state index contributed by atoms with van der Waals surface area (Å²) in [6.07, 6.45) is 8.81. The molecule has 5 nitrogen and oxygen atoms in total. The lowest BCUT2D eigenvalue weighted by Crippen LogP contribution is -2.35. The number of aromatic nitrogens is 3. The van der Waals surface area contributed by atoms with Crippen molar-refractivity contribution in [3.8, 4) is 5.75 Å². The maximum atomic E-state index is 10.1. The van der Waals surface area contributed by atoms with Crippen LogP contribution in [0.3, 0.4) is 0 Å². The first-order chi connectivity index (χ1) is 12.6. The SMILES string of the molecule is CCCC.CC[C@H](Cn1cncn1)O[C@@H]1Cc2c(O)cccc2C[C@H]1C. The Morgan fingerprint density at radius 1 is 1.23 bits per heavy atom. The minimum atomic E-state index is 0.113. The molecule has 3 atom stereocenters. The van der Waals surface area contributed by atoms with E-state index in [2.05, 4.69) is 43.8 Å². The number of phenols is 1. The van der Waals surface area contributed by atoms with Crippen molar-refractivity contribution in [1.82, 2.24) is 14.8 Å². The fraction of sp³-hybridized carbons (Fsp3) is 0.619. The number of rotatable bonds is 6. The average Bonchev–Trinajstić information content (AvgIpc) is 3.15. The summed E-state index contributed by atoms with van der Waals surface area (Å²) in [4.78, 5) is 3.98. The predicted octanol–water partition coefficient (Wildman–Crippen LogP) is 4.39. The summed E-state index contributed by atoms with van der Waals surface area (Å²) in [6.45, 7) is 9.42. The van der Waals surface area contributed by atoms with Gasteiger partial charge in [-0.05, 0) is 36.0 Å². The molecule has 0 radical (unpaired) electrons. The third-order valence-corrected chi connectivity index (χ3v) is 5.01. The van der Waals surface area contributed by atoms with E-state index >= 15 is 0 Å². The molecule has 144 valence electrons. The van der Waals surface area contributed by atoms with Gasteiger partial charge < -0.3 is 9.84 Å². The van der Waals surface area contributed by atoms with Gasteiger partial charge in [-0.15, -0.1) is 0 Å². The van der Waals surface area contributed by atoms with Crippen LogP contribution in [0.15, 0.2) is 30.9 Å². The van der Waals surface area contributed by atoms with E-state index in [1.165, 1.54) is 18.4 Å². The molecule has 0 saturated carbocycles. The van der Waals surface area contributed by atoms with Crippen LogP contribution in [0, 0.1) is 5.92 Å². The molecular weight excluding hydrogens is 326 g/mol. The summed E-state index contributed by atoms with van der Waals surface area (Å²) >= 11 is 0. The standard InChI is InChI=1S/C17H23N3O2.C4H10/c1-3-14(9-20-11-18-10-19-20)22-17-8-15-13(7-12(17)2)5-4-6-16(15)21;1-3-4-2/h4-6,10-12,14,17,21H,3,7-9H2,1-2H3;3-4H2,1-2H3/t12-,14-,17-;/m1./s1. The van der Waals surface area contributed by atoms with Gasteiger partial charge in [-0.3, -0.25) is 4.68 Å². The fourth-order valence-corrected chi connectivity index (χ4v) is 3.16. The smallest absolute Gasteiger partial charge is 0.137 e. The quantitative estimate of drug-likeness (QED) is 0.831. The summed E-state index contributed by atoms with van der Waals surface area (Å²) in [5, 5.41) is 14.2. The number of nitrogens with zero attached hydrogens (tertiary/aromatic N) is 3. The lowest BCUT2D eigenvalue weighted by Gasteiger charge is -2.33. The number of phenolic OH excluding ortho intramolecular Hbond substituents is 1. The van der Waals surface area contributed by atoms with Crippen molar-refractivity contribution in [2.24, 2.45) is 5.92 Å². The molecule has 1 heterocycles. The molecular formula is C21H33N3O2. The minimum Gasteiger partial charge on any atom is -0.508 e. The molecule has 2 aromatic rings. The number of benzene rings is 1. The van der Waals surface area contributed by atoms with Crippen LogP contribution in [0.25, 0.3) is 0 Å². The van der Waals surface area contributed by atoms with E-state index in [0.29, 0.717) is 18.2 Å². The summed E-state index contributed by atoms with van der Waals surface area (Å²) in [6, 6.07) is 5.79. The Bertz CT molecular complexity index is 641. The highest BCUT2D eigenvalue weighted by Gasteiger charge is 2.29. The second kappa shape index (κ2) is 10.3. The van der Waals surface area contributed by atoms with Crippen LogP contribution < -0.4 is 0 Å². The number of hydrogen-bond donors (Lipinski definition) is 1. The van der Waals surface area contributed by atoms with Crippen LogP contribution >= 0.6 is 0 Å². The van der Waals surface area contributed by atoms with Gasteiger partial charge in [0.15, 0.2) is 0 Å². The van der Waals surface area contributed by atoms with Crippen LogP contribution in [-0.2, 0) is 24.1 Å². The Morgan fingerprint density at radius 2 is 2.00 bits per heavy atom. The van der Waals surface area contributed by atoms with Crippen molar-refractivity contribution < 1.29 is 9.84 Å². The van der Waals surface area contributed by atoms with E-state index in [0.717, 1.165) is 24.8 Å². The highest BCUT2D eigenvalue weighted by atomic mass is 16.5. The van der Waals surface area contributed by atoms with E-state index in [-0.39, 0.29) is 12.2 Å². The highest BCUT2D eigenvalue weighted by molar-refractivity contribution is 5.41. The van der Waals surface area contributed by atoms with Crippen LogP contribution in [0.5, 0.6) is 5.75 Å². The molecule has 0 bridgehead atoms. The lowest BCUT2D eigenvalue weighted by atomic mass is 9.82. The normalized spacial score (nSPS) is 20.0. The molecule has 1 aromatic carbocycles. The van der Waals surface area contributed by atoms with Crippen LogP contribution in [0.4, 0.5) is 0 Å². The Hall–Kier alpha value is -1.88. The number of ether oxygens (including phenoxy) is 1. The first kappa shape index (κ1) is 20.4. The molecule has 0 saturated heterocycles. The molecule has 0 aliphatic heterocycles. The van der Waals surface area contributed by atoms with Crippen molar-refractivity contribution in [2.45, 2.75) is 78.6 Å². The summed E-state index contributed by atoms with van der Waals surface area (Å²) in [7, 11) is 0. The number of unbranched alkanes of at least 4 members (excludes halogenated alkanes) is 1. The second-order valence-corrected chi connectivity index (χ2v) is 7.12. The third-order valence-electron chi connectivity index (χ3n) is 5.01. The van der Waals surface area contributed by atoms with Crippen molar-refractivity contribution in [3.05, 3.63) is 42.0 Å². The molecule has 1 aliphatic rings. The Morgan fingerprint density at radius 3 is 2.62 bits per heavy atom. The van der Waals surface area contributed by atoms with E-state index in [1.807, 2.05) is 10.7 Å². The average molecular weight is 360 g/mol. The zero-order chi connectivity index (χ0) is 18.9. The minimum absolute atomic E-state index is 0.113. The largest absolute Gasteiger partial charge is 0.508 e. The Labute approximate surface area is 157 Å². The van der Waals surface area contributed by atoms with E-state index in [4.69, 9.17) is 4.74 Å². The molecule has 0 fully saturated rings.